The molecule has 4 rings (SSSR count). The zero-order valence-electron chi connectivity index (χ0n) is 17.5. The maximum Gasteiger partial charge on any atom is 0.248 e. The number of hydrogen-bond acceptors (Lipinski definition) is 5. The Morgan fingerprint density at radius 3 is 2.55 bits per heavy atom. The highest BCUT2D eigenvalue weighted by atomic mass is 16.5. The number of amides is 3. The highest BCUT2D eigenvalue weighted by Gasteiger charge is 2.36. The molecule has 0 unspecified atom stereocenters. The van der Waals surface area contributed by atoms with E-state index in [4.69, 9.17) is 10.5 Å². The summed E-state index contributed by atoms with van der Waals surface area (Å²) in [6, 6.07) is 12.4. The van der Waals surface area contributed by atoms with E-state index < -0.39 is 11.8 Å². The van der Waals surface area contributed by atoms with Crippen molar-refractivity contribution >= 4 is 34.8 Å². The first-order chi connectivity index (χ1) is 15.0. The number of nitrogens with two attached hydrogens (primary N) is 1. The Kier molecular flexibility index (Phi) is 5.79. The highest BCUT2D eigenvalue weighted by molar-refractivity contribution is 6.05. The molecule has 0 aliphatic carbocycles. The number of nitrogens with zero attached hydrogens (tertiary/aromatic N) is 2. The molecule has 2 aromatic carbocycles. The normalized spacial score (nSPS) is 18.4. The fourth-order valence-corrected chi connectivity index (χ4v) is 4.23. The van der Waals surface area contributed by atoms with Gasteiger partial charge in [-0.1, -0.05) is 12.1 Å². The first-order valence-electron chi connectivity index (χ1n) is 10.4. The van der Waals surface area contributed by atoms with Gasteiger partial charge in [-0.25, -0.2) is 0 Å². The number of methoxy groups -OCH3 is 1. The summed E-state index contributed by atoms with van der Waals surface area (Å²) in [5.41, 5.74) is 7.83. The number of carbonyl (C=O) groups excluding carboxylic acids is 3. The molecule has 2 aliphatic heterocycles. The third-order valence-corrected chi connectivity index (χ3v) is 5.86. The second-order valence-electron chi connectivity index (χ2n) is 7.86. The molecule has 2 heterocycles. The average Bonchev–Trinajstić information content (AvgIpc) is 3.43. The van der Waals surface area contributed by atoms with Crippen molar-refractivity contribution in [1.82, 2.24) is 0 Å². The highest BCUT2D eigenvalue weighted by Crippen LogP contribution is 2.34. The van der Waals surface area contributed by atoms with Crippen LogP contribution < -0.4 is 25.6 Å². The van der Waals surface area contributed by atoms with Crippen molar-refractivity contribution in [3.05, 3.63) is 48.0 Å². The van der Waals surface area contributed by atoms with Gasteiger partial charge in [0.1, 0.15) is 5.75 Å². The molecule has 2 fully saturated rings. The number of nitrogens with one attached hydrogen (secondary N) is 1. The fourth-order valence-electron chi connectivity index (χ4n) is 4.23. The molecule has 2 saturated heterocycles. The number of ether oxygens (including phenoxy) is 1. The minimum atomic E-state index is -0.554. The lowest BCUT2D eigenvalue weighted by Gasteiger charge is -2.23. The van der Waals surface area contributed by atoms with Crippen molar-refractivity contribution in [3.63, 3.8) is 0 Å². The standard InChI is InChI=1S/C23H26N4O4/c1-31-20-7-3-2-6-19(20)27-14-16(13-21(27)28)23(30)25-17-12-15(22(24)29)8-9-18(17)26-10-4-5-11-26/h2-3,6-9,12,16H,4-5,10-11,13-14H2,1H3,(H2,24,29)(H,25,30)/t16-/m0/s1. The molecular formula is C23H26N4O4. The summed E-state index contributed by atoms with van der Waals surface area (Å²) in [7, 11) is 1.55. The molecule has 0 aromatic heterocycles. The van der Waals surface area contributed by atoms with Crippen LogP contribution in [0.15, 0.2) is 42.5 Å². The number of carbonyl (C=O) groups is 3. The van der Waals surface area contributed by atoms with Gasteiger partial charge in [-0.15, -0.1) is 0 Å². The van der Waals surface area contributed by atoms with Crippen molar-refractivity contribution in [2.45, 2.75) is 19.3 Å². The van der Waals surface area contributed by atoms with Gasteiger partial charge in [-0.05, 0) is 43.2 Å². The summed E-state index contributed by atoms with van der Waals surface area (Å²) in [4.78, 5) is 41.2. The molecule has 0 bridgehead atoms. The van der Waals surface area contributed by atoms with E-state index in [9.17, 15) is 14.4 Å². The molecule has 8 nitrogen and oxygen atoms in total. The van der Waals surface area contributed by atoms with Crippen molar-refractivity contribution in [1.29, 1.82) is 0 Å². The summed E-state index contributed by atoms with van der Waals surface area (Å²) >= 11 is 0. The first kappa shape index (κ1) is 20.7. The van der Waals surface area contributed by atoms with Gasteiger partial charge in [-0.2, -0.15) is 0 Å². The second kappa shape index (κ2) is 8.67. The smallest absolute Gasteiger partial charge is 0.248 e. The topological polar surface area (TPSA) is 105 Å². The lowest BCUT2D eigenvalue weighted by atomic mass is 10.1. The van der Waals surface area contributed by atoms with Gasteiger partial charge in [0, 0.05) is 31.6 Å². The van der Waals surface area contributed by atoms with Gasteiger partial charge in [0.25, 0.3) is 0 Å². The Hall–Kier alpha value is -3.55. The monoisotopic (exact) mass is 422 g/mol. The Labute approximate surface area is 180 Å². The number of benzene rings is 2. The molecule has 2 aliphatic rings. The van der Waals surface area contributed by atoms with Crippen LogP contribution in [0.1, 0.15) is 29.6 Å². The molecule has 31 heavy (non-hydrogen) atoms. The molecule has 162 valence electrons. The van der Waals surface area contributed by atoms with Crippen molar-refractivity contribution in [2.24, 2.45) is 11.7 Å². The minimum absolute atomic E-state index is 0.110. The molecule has 0 saturated carbocycles. The Bertz CT molecular complexity index is 1020. The first-order valence-corrected chi connectivity index (χ1v) is 10.4. The largest absolute Gasteiger partial charge is 0.495 e. The number of rotatable bonds is 6. The van der Waals surface area contributed by atoms with E-state index in [1.165, 1.54) is 0 Å². The Balaban J connectivity index is 1.55. The van der Waals surface area contributed by atoms with Crippen molar-refractivity contribution in [3.8, 4) is 5.75 Å². The Morgan fingerprint density at radius 2 is 1.84 bits per heavy atom. The molecular weight excluding hydrogens is 396 g/mol. The van der Waals surface area contributed by atoms with Crippen LogP contribution in [-0.4, -0.2) is 44.5 Å². The van der Waals surface area contributed by atoms with Crippen LogP contribution >= 0.6 is 0 Å². The summed E-state index contributed by atoms with van der Waals surface area (Å²) in [5.74, 6) is -0.867. The molecule has 2 aromatic rings. The fraction of sp³-hybridized carbons (Fsp3) is 0.348. The maximum atomic E-state index is 13.1. The summed E-state index contributed by atoms with van der Waals surface area (Å²) in [6.45, 7) is 2.05. The molecule has 8 heteroatoms. The van der Waals surface area contributed by atoms with Gasteiger partial charge < -0.3 is 25.6 Å². The quantitative estimate of drug-likeness (QED) is 0.744. The van der Waals surface area contributed by atoms with Crippen LogP contribution in [0.3, 0.4) is 0 Å². The van der Waals surface area contributed by atoms with Gasteiger partial charge in [0.2, 0.25) is 17.7 Å². The van der Waals surface area contributed by atoms with Gasteiger partial charge in [-0.3, -0.25) is 14.4 Å². The van der Waals surface area contributed by atoms with Crippen molar-refractivity contribution < 1.29 is 19.1 Å². The summed E-state index contributed by atoms with van der Waals surface area (Å²) in [6.07, 6.45) is 2.27. The molecule has 0 radical (unpaired) electrons. The number of primary amides is 1. The zero-order chi connectivity index (χ0) is 22.0. The number of para-hydroxylation sites is 2. The Morgan fingerprint density at radius 1 is 1.10 bits per heavy atom. The zero-order valence-corrected chi connectivity index (χ0v) is 17.5. The maximum absolute atomic E-state index is 13.1. The van der Waals surface area contributed by atoms with E-state index in [1.807, 2.05) is 18.2 Å². The third-order valence-electron chi connectivity index (χ3n) is 5.86. The second-order valence-corrected chi connectivity index (χ2v) is 7.86. The predicted molar refractivity (Wildman–Crippen MR) is 118 cm³/mol. The van der Waals surface area contributed by atoms with Crippen LogP contribution in [0.4, 0.5) is 17.1 Å². The SMILES string of the molecule is COc1ccccc1N1C[C@@H](C(=O)Nc2cc(C(N)=O)ccc2N2CCCC2)CC1=O. The average molecular weight is 422 g/mol. The van der Waals surface area contributed by atoms with E-state index in [2.05, 4.69) is 10.2 Å². The van der Waals surface area contributed by atoms with Crippen molar-refractivity contribution in [2.75, 3.05) is 41.9 Å². The van der Waals surface area contributed by atoms with Crippen LogP contribution in [0.25, 0.3) is 0 Å². The van der Waals surface area contributed by atoms with Crippen LogP contribution in [0.5, 0.6) is 5.75 Å². The van der Waals surface area contributed by atoms with E-state index >= 15 is 0 Å². The minimum Gasteiger partial charge on any atom is -0.495 e. The number of hydrogen-bond donors (Lipinski definition) is 2. The van der Waals surface area contributed by atoms with Gasteiger partial charge in [0.05, 0.1) is 30.1 Å². The van der Waals surface area contributed by atoms with Gasteiger partial charge in [0.15, 0.2) is 0 Å². The lowest BCUT2D eigenvalue weighted by molar-refractivity contribution is -0.122. The molecule has 0 spiro atoms. The molecule has 3 amide bonds. The van der Waals surface area contributed by atoms with Crippen LogP contribution in [-0.2, 0) is 9.59 Å². The van der Waals surface area contributed by atoms with Gasteiger partial charge >= 0.3 is 0 Å². The van der Waals surface area contributed by atoms with E-state index in [0.29, 0.717) is 22.7 Å². The molecule has 1 atom stereocenters. The number of anilines is 3. The van der Waals surface area contributed by atoms with Crippen LogP contribution in [0, 0.1) is 5.92 Å². The predicted octanol–water partition coefficient (Wildman–Crippen LogP) is 2.39. The third kappa shape index (κ3) is 4.19. The molecule has 3 N–H and O–H groups in total. The van der Waals surface area contributed by atoms with E-state index in [-0.39, 0.29) is 24.8 Å². The summed E-state index contributed by atoms with van der Waals surface area (Å²) in [5, 5.41) is 2.95. The summed E-state index contributed by atoms with van der Waals surface area (Å²) < 4.78 is 5.36. The van der Waals surface area contributed by atoms with Crippen LogP contribution in [0.2, 0.25) is 0 Å². The van der Waals surface area contributed by atoms with E-state index in [0.717, 1.165) is 31.6 Å². The lowest BCUT2D eigenvalue weighted by Crippen LogP contribution is -2.29. The van der Waals surface area contributed by atoms with E-state index in [1.54, 1.807) is 36.3 Å².